The molecule has 0 radical (unpaired) electrons. The quantitative estimate of drug-likeness (QED) is 0.475. The maximum absolute atomic E-state index is 13.5. The number of benzene rings is 1. The summed E-state index contributed by atoms with van der Waals surface area (Å²) in [6.45, 7) is 2.82. The number of nitrogen functional groups attached to an aromatic ring is 1. The van der Waals surface area contributed by atoms with Gasteiger partial charge in [0.2, 0.25) is 0 Å². The first-order valence-corrected chi connectivity index (χ1v) is 10.9. The third kappa shape index (κ3) is 3.73. The Morgan fingerprint density at radius 1 is 1.09 bits per heavy atom. The van der Waals surface area contributed by atoms with Gasteiger partial charge in [0.15, 0.2) is 5.78 Å². The second-order valence-electron chi connectivity index (χ2n) is 8.16. The number of nitrogens with two attached hydrogens (primary N) is 2. The molecule has 10 nitrogen and oxygen atoms in total. The minimum absolute atomic E-state index is 0.0291. The van der Waals surface area contributed by atoms with Crippen LogP contribution in [0.2, 0.25) is 0 Å². The average Bonchev–Trinajstić information content (AvgIpc) is 3.17. The minimum Gasteiger partial charge on any atom is -0.387 e. The number of amides is 2. The van der Waals surface area contributed by atoms with Gasteiger partial charge >= 0.3 is 6.03 Å². The van der Waals surface area contributed by atoms with Crippen LogP contribution in [0.15, 0.2) is 48.7 Å². The predicted molar refractivity (Wildman–Crippen MR) is 125 cm³/mol. The molecule has 3 aliphatic rings. The number of ether oxygens (including phenoxy) is 1. The zero-order valence-corrected chi connectivity index (χ0v) is 18.2. The molecule has 172 valence electrons. The molecule has 0 spiro atoms. The Hall–Kier alpha value is -3.76. The highest BCUT2D eigenvalue weighted by molar-refractivity contribution is 6.09. The van der Waals surface area contributed by atoms with Crippen molar-refractivity contribution in [1.29, 1.82) is 0 Å². The molecule has 33 heavy (non-hydrogen) atoms. The zero-order valence-electron chi connectivity index (χ0n) is 18.2. The Bertz CT molecular complexity index is 1130. The molecule has 0 saturated carbocycles. The van der Waals surface area contributed by atoms with Crippen molar-refractivity contribution in [2.45, 2.75) is 6.54 Å². The van der Waals surface area contributed by atoms with Gasteiger partial charge in [-0.05, 0) is 24.4 Å². The second-order valence-corrected chi connectivity index (χ2v) is 8.16. The van der Waals surface area contributed by atoms with Crippen molar-refractivity contribution in [3.8, 4) is 0 Å². The number of rotatable bonds is 3. The van der Waals surface area contributed by atoms with Gasteiger partial charge in [-0.15, -0.1) is 0 Å². The Labute approximate surface area is 191 Å². The van der Waals surface area contributed by atoms with Crippen LogP contribution in [0, 0.1) is 0 Å². The summed E-state index contributed by atoms with van der Waals surface area (Å²) in [5.74, 6) is 13.0. The third-order valence-electron chi connectivity index (χ3n) is 6.16. The molecule has 1 aromatic heterocycles. The molecule has 5 rings (SSSR count). The number of hydrogen-bond donors (Lipinski definition) is 3. The van der Waals surface area contributed by atoms with Crippen LogP contribution in [-0.2, 0) is 11.3 Å². The molecule has 1 fully saturated rings. The molecule has 4 heterocycles. The predicted octanol–water partition coefficient (Wildman–Crippen LogP) is 1.16. The van der Waals surface area contributed by atoms with E-state index in [0.29, 0.717) is 55.5 Å². The van der Waals surface area contributed by atoms with Gasteiger partial charge in [0, 0.05) is 25.2 Å². The average molecular weight is 450 g/mol. The van der Waals surface area contributed by atoms with Crippen molar-refractivity contribution in [3.05, 3.63) is 65.6 Å². The molecule has 1 aromatic carbocycles. The number of fused-ring (bicyclic) bond motifs is 1. The van der Waals surface area contributed by atoms with Crippen LogP contribution in [0.4, 0.5) is 16.2 Å². The number of carbonyl (C=O) groups is 2. The lowest BCUT2D eigenvalue weighted by atomic mass is 10.0. The van der Waals surface area contributed by atoms with Crippen LogP contribution in [0.1, 0.15) is 21.7 Å². The molecule has 2 aromatic rings. The van der Waals surface area contributed by atoms with Gasteiger partial charge in [-0.25, -0.2) is 10.6 Å². The summed E-state index contributed by atoms with van der Waals surface area (Å²) in [7, 11) is 0. The van der Waals surface area contributed by atoms with Gasteiger partial charge in [-0.2, -0.15) is 0 Å². The fourth-order valence-corrected chi connectivity index (χ4v) is 4.51. The van der Waals surface area contributed by atoms with E-state index in [2.05, 4.69) is 5.32 Å². The molecule has 0 unspecified atom stereocenters. The lowest BCUT2D eigenvalue weighted by Crippen LogP contribution is -2.51. The summed E-state index contributed by atoms with van der Waals surface area (Å²) >= 11 is 0. The zero-order chi connectivity index (χ0) is 22.9. The smallest absolute Gasteiger partial charge is 0.320 e. The first-order valence-electron chi connectivity index (χ1n) is 10.9. The first kappa shape index (κ1) is 21.1. The summed E-state index contributed by atoms with van der Waals surface area (Å²) in [5.41, 5.74) is 3.78. The molecule has 0 bridgehead atoms. The van der Waals surface area contributed by atoms with Crippen molar-refractivity contribution in [3.63, 3.8) is 0 Å². The number of hydrogen-bond acceptors (Lipinski definition) is 7. The van der Waals surface area contributed by atoms with Gasteiger partial charge < -0.3 is 25.7 Å². The number of carbonyl (C=O) groups excluding carboxylic acids is 2. The molecule has 0 aliphatic carbocycles. The van der Waals surface area contributed by atoms with Gasteiger partial charge in [-0.3, -0.25) is 14.5 Å². The maximum Gasteiger partial charge on any atom is 0.320 e. The van der Waals surface area contributed by atoms with Crippen LogP contribution < -0.4 is 22.0 Å². The highest BCUT2D eigenvalue weighted by Gasteiger charge is 2.38. The lowest BCUT2D eigenvalue weighted by molar-refractivity contribution is 0.0414. The van der Waals surface area contributed by atoms with Crippen LogP contribution >= 0.6 is 0 Å². The van der Waals surface area contributed by atoms with Crippen molar-refractivity contribution in [2.75, 3.05) is 50.2 Å². The summed E-state index contributed by atoms with van der Waals surface area (Å²) < 4.78 is 6.85. The van der Waals surface area contributed by atoms with Gasteiger partial charge in [0.25, 0.3) is 0 Å². The van der Waals surface area contributed by atoms with E-state index in [0.717, 1.165) is 11.3 Å². The molecule has 5 N–H and O–H groups in total. The number of dihydropyridines is 1. The monoisotopic (exact) mass is 449 g/mol. The topological polar surface area (TPSA) is 122 Å². The van der Waals surface area contributed by atoms with E-state index < -0.39 is 0 Å². The first-order chi connectivity index (χ1) is 16.1. The standard InChI is InChI=1S/C23H27N7O3/c24-29(17-4-2-1-3-5-17)22-20-18(30(25)21(22)16-6-8-26-9-7-16)14-28(15-19(20)31)23(32)27-10-12-33-13-11-27/h1-8,26H,9-15,24-25H2. The number of nitrogens with zero attached hydrogens (tertiary/aromatic N) is 4. The van der Waals surface area contributed by atoms with Crippen LogP contribution in [0.5, 0.6) is 0 Å². The van der Waals surface area contributed by atoms with Crippen molar-refractivity contribution < 1.29 is 14.3 Å². The number of Topliss-reactive ketones (excluding diaryl/α,β-unsaturated/α-hetero) is 1. The van der Waals surface area contributed by atoms with Crippen molar-refractivity contribution in [2.24, 2.45) is 5.84 Å². The number of anilines is 2. The Balaban J connectivity index is 1.59. The molecule has 2 amide bonds. The highest BCUT2D eigenvalue weighted by Crippen LogP contribution is 2.40. The molecule has 0 atom stereocenters. The van der Waals surface area contributed by atoms with Gasteiger partial charge in [0.05, 0.1) is 54.6 Å². The third-order valence-corrected chi connectivity index (χ3v) is 6.16. The van der Waals surface area contributed by atoms with Crippen molar-refractivity contribution in [1.82, 2.24) is 19.8 Å². The molecule has 3 aliphatic heterocycles. The van der Waals surface area contributed by atoms with E-state index >= 15 is 0 Å². The largest absolute Gasteiger partial charge is 0.387 e. The number of para-hydroxylation sites is 1. The van der Waals surface area contributed by atoms with E-state index in [1.54, 1.807) is 9.80 Å². The fraction of sp³-hybridized carbons (Fsp3) is 0.304. The fourth-order valence-electron chi connectivity index (χ4n) is 4.51. The number of morpholine rings is 1. The minimum atomic E-state index is -0.191. The van der Waals surface area contributed by atoms with Crippen LogP contribution in [-0.4, -0.2) is 65.7 Å². The number of hydrazine groups is 1. The van der Waals surface area contributed by atoms with Crippen molar-refractivity contribution >= 4 is 28.8 Å². The number of aromatic nitrogens is 1. The molecular formula is C23H27N7O3. The Kier molecular flexibility index (Phi) is 5.53. The van der Waals surface area contributed by atoms with E-state index in [-0.39, 0.29) is 24.9 Å². The maximum atomic E-state index is 13.5. The lowest BCUT2D eigenvalue weighted by Gasteiger charge is -2.34. The van der Waals surface area contributed by atoms with E-state index in [4.69, 9.17) is 16.4 Å². The summed E-state index contributed by atoms with van der Waals surface area (Å²) in [4.78, 5) is 29.8. The Morgan fingerprint density at radius 2 is 1.85 bits per heavy atom. The van der Waals surface area contributed by atoms with E-state index in [1.807, 2.05) is 48.7 Å². The van der Waals surface area contributed by atoms with E-state index in [9.17, 15) is 9.59 Å². The molecule has 1 saturated heterocycles. The van der Waals surface area contributed by atoms with Crippen LogP contribution in [0.3, 0.4) is 0 Å². The number of ketones is 1. The second kappa shape index (κ2) is 8.64. The van der Waals surface area contributed by atoms with E-state index in [1.165, 1.54) is 9.69 Å². The van der Waals surface area contributed by atoms with Crippen LogP contribution in [0.25, 0.3) is 5.57 Å². The highest BCUT2D eigenvalue weighted by atomic mass is 16.5. The molecule has 10 heteroatoms. The summed E-state index contributed by atoms with van der Waals surface area (Å²) in [6, 6.07) is 9.23. The van der Waals surface area contributed by atoms with Gasteiger partial charge in [0.1, 0.15) is 0 Å². The van der Waals surface area contributed by atoms with Gasteiger partial charge in [-0.1, -0.05) is 24.3 Å². The summed E-state index contributed by atoms with van der Waals surface area (Å²) in [5, 5.41) is 4.63. The SMILES string of the molecule is NN(c1ccccc1)c1c2c(n(N)c1C1=CCNC=C1)CN(C(=O)N1CCOCC1)CC2=O. The normalized spacial score (nSPS) is 18.0. The number of urea groups is 1. The Morgan fingerprint density at radius 3 is 2.55 bits per heavy atom. The summed E-state index contributed by atoms with van der Waals surface area (Å²) in [6.07, 6.45) is 5.73. The number of nitrogens with one attached hydrogen (secondary N) is 1. The molecular weight excluding hydrogens is 422 g/mol. The number of allylic oxidation sites excluding steroid dienone is 2.